The second kappa shape index (κ2) is 9.40. The van der Waals surface area contributed by atoms with Crippen molar-refractivity contribution in [2.24, 2.45) is 0 Å². The van der Waals surface area contributed by atoms with Crippen molar-refractivity contribution in [2.45, 2.75) is 49.2 Å². The normalized spacial score (nSPS) is 16.8. The number of benzene rings is 2. The summed E-state index contributed by atoms with van der Waals surface area (Å²) in [6.07, 6.45) is -3.19. The molecule has 1 N–H and O–H groups in total. The quantitative estimate of drug-likeness (QED) is 0.713. The van der Waals surface area contributed by atoms with Crippen LogP contribution < -0.4 is 4.72 Å². The fraction of sp³-hybridized carbons (Fsp3) is 0.409. The number of hydrogen-bond acceptors (Lipinski definition) is 3. The summed E-state index contributed by atoms with van der Waals surface area (Å²) < 4.78 is 65.7. The van der Waals surface area contributed by atoms with Crippen molar-refractivity contribution in [3.8, 4) is 0 Å². The van der Waals surface area contributed by atoms with Crippen molar-refractivity contribution in [1.82, 2.24) is 9.62 Å². The van der Waals surface area contributed by atoms with Gasteiger partial charge in [0.05, 0.1) is 10.5 Å². The van der Waals surface area contributed by atoms with Gasteiger partial charge in [0.1, 0.15) is 0 Å². The van der Waals surface area contributed by atoms with E-state index >= 15 is 0 Å². The fourth-order valence-corrected chi connectivity index (χ4v) is 4.97. The van der Waals surface area contributed by atoms with Crippen molar-refractivity contribution in [3.63, 3.8) is 0 Å². The molecule has 9 heteroatoms. The smallest absolute Gasteiger partial charge is 0.343 e. The van der Waals surface area contributed by atoms with E-state index < -0.39 is 21.8 Å². The Kier molecular flexibility index (Phi) is 7.06. The topological polar surface area (TPSA) is 66.5 Å². The maximum atomic E-state index is 12.7. The first-order valence-electron chi connectivity index (χ1n) is 10.1. The lowest BCUT2D eigenvalue weighted by atomic mass is 9.95. The molecule has 1 fully saturated rings. The van der Waals surface area contributed by atoms with E-state index in [9.17, 15) is 26.4 Å². The van der Waals surface area contributed by atoms with E-state index in [1.807, 2.05) is 0 Å². The monoisotopic (exact) mass is 454 g/mol. The van der Waals surface area contributed by atoms with Crippen LogP contribution >= 0.6 is 0 Å². The number of carbonyl (C=O) groups is 1. The highest BCUT2D eigenvalue weighted by atomic mass is 32.2. The Hall–Kier alpha value is -2.39. The summed E-state index contributed by atoms with van der Waals surface area (Å²) in [5.41, 5.74) is -0.0401. The molecule has 31 heavy (non-hydrogen) atoms. The Labute approximate surface area is 180 Å². The third-order valence-corrected chi connectivity index (χ3v) is 7.05. The average Bonchev–Trinajstić information content (AvgIpc) is 2.74. The number of rotatable bonds is 6. The lowest BCUT2D eigenvalue weighted by Gasteiger charge is -2.33. The molecule has 2 aromatic rings. The van der Waals surface area contributed by atoms with Crippen molar-refractivity contribution < 1.29 is 26.4 Å². The van der Waals surface area contributed by atoms with Gasteiger partial charge < -0.3 is 4.90 Å². The van der Waals surface area contributed by atoms with Crippen LogP contribution in [0.2, 0.25) is 0 Å². The first-order valence-corrected chi connectivity index (χ1v) is 11.6. The van der Waals surface area contributed by atoms with Gasteiger partial charge in [0.15, 0.2) is 0 Å². The van der Waals surface area contributed by atoms with Crippen molar-refractivity contribution in [3.05, 3.63) is 65.7 Å². The third kappa shape index (κ3) is 6.07. The minimum atomic E-state index is -4.38. The molecule has 0 radical (unpaired) electrons. The summed E-state index contributed by atoms with van der Waals surface area (Å²) >= 11 is 0. The van der Waals surface area contributed by atoms with Gasteiger partial charge in [0, 0.05) is 25.6 Å². The number of piperidine rings is 1. The number of carbonyl (C=O) groups excluding carboxylic acids is 1. The van der Waals surface area contributed by atoms with Crippen LogP contribution in [-0.4, -0.2) is 38.4 Å². The van der Waals surface area contributed by atoms with Crippen LogP contribution in [0.3, 0.4) is 0 Å². The Morgan fingerprint density at radius 1 is 1.06 bits per heavy atom. The minimum Gasteiger partial charge on any atom is -0.343 e. The molecule has 1 aliphatic rings. The van der Waals surface area contributed by atoms with Crippen molar-refractivity contribution in [2.75, 3.05) is 13.1 Å². The standard InChI is InChI=1S/C22H25F3N2O3S/c1-16(17-7-9-18(10-8-17)22(23,24)25)15-21(28)27-13-11-19(12-14-27)26-31(29,30)20-5-3-2-4-6-20/h2-10,16,19,26H,11-15H2,1H3. The zero-order valence-corrected chi connectivity index (χ0v) is 17.9. The van der Waals surface area contributed by atoms with Gasteiger partial charge in [-0.05, 0) is 48.6 Å². The zero-order valence-electron chi connectivity index (χ0n) is 17.1. The molecule has 1 atom stereocenters. The summed E-state index contributed by atoms with van der Waals surface area (Å²) in [6.45, 7) is 2.67. The van der Waals surface area contributed by atoms with Gasteiger partial charge in [0.2, 0.25) is 15.9 Å². The molecule has 0 aromatic heterocycles. The number of hydrogen-bond donors (Lipinski definition) is 1. The van der Waals surface area contributed by atoms with Gasteiger partial charge >= 0.3 is 6.18 Å². The van der Waals surface area contributed by atoms with Crippen molar-refractivity contribution in [1.29, 1.82) is 0 Å². The number of nitrogens with one attached hydrogen (secondary N) is 1. The molecule has 2 aromatic carbocycles. The van der Waals surface area contributed by atoms with Gasteiger partial charge in [-0.3, -0.25) is 4.79 Å². The predicted molar refractivity (Wildman–Crippen MR) is 111 cm³/mol. The Balaban J connectivity index is 1.51. The van der Waals surface area contributed by atoms with Gasteiger partial charge in [-0.15, -0.1) is 0 Å². The predicted octanol–water partition coefficient (Wildman–Crippen LogP) is 4.17. The molecule has 0 bridgehead atoms. The summed E-state index contributed by atoms with van der Waals surface area (Å²) in [5, 5.41) is 0. The van der Waals surface area contributed by atoms with E-state index in [2.05, 4.69) is 4.72 Å². The number of amides is 1. The Bertz CT molecular complexity index is 985. The molecule has 0 aliphatic carbocycles. The molecule has 1 saturated heterocycles. The molecular weight excluding hydrogens is 429 g/mol. The minimum absolute atomic E-state index is 0.0863. The second-order valence-corrected chi connectivity index (χ2v) is 9.53. The summed E-state index contributed by atoms with van der Waals surface area (Å²) in [6, 6.07) is 12.8. The third-order valence-electron chi connectivity index (χ3n) is 5.51. The highest BCUT2D eigenvalue weighted by Crippen LogP contribution is 2.31. The lowest BCUT2D eigenvalue weighted by molar-refractivity contribution is -0.137. The molecule has 0 saturated carbocycles. The highest BCUT2D eigenvalue weighted by molar-refractivity contribution is 7.89. The number of sulfonamides is 1. The summed E-state index contributed by atoms with van der Waals surface area (Å²) in [4.78, 5) is 14.5. The van der Waals surface area contributed by atoms with Gasteiger partial charge in [-0.25, -0.2) is 13.1 Å². The van der Waals surface area contributed by atoms with Crippen LogP contribution in [0.5, 0.6) is 0 Å². The molecule has 0 spiro atoms. The van der Waals surface area contributed by atoms with Crippen LogP contribution in [0.4, 0.5) is 13.2 Å². The summed E-state index contributed by atoms with van der Waals surface area (Å²) in [5.74, 6) is -0.305. The van der Waals surface area contributed by atoms with E-state index in [4.69, 9.17) is 0 Å². The van der Waals surface area contributed by atoms with E-state index in [0.29, 0.717) is 31.5 Å². The van der Waals surface area contributed by atoms with Crippen LogP contribution in [0.15, 0.2) is 59.5 Å². The molecule has 1 aliphatic heterocycles. The average molecular weight is 455 g/mol. The molecule has 168 valence electrons. The molecule has 3 rings (SSSR count). The zero-order chi connectivity index (χ0) is 22.6. The highest BCUT2D eigenvalue weighted by Gasteiger charge is 2.31. The second-order valence-electron chi connectivity index (χ2n) is 7.81. The number of likely N-dealkylation sites (tertiary alicyclic amines) is 1. The Morgan fingerprint density at radius 3 is 2.19 bits per heavy atom. The molecule has 1 heterocycles. The van der Waals surface area contributed by atoms with Crippen molar-refractivity contribution >= 4 is 15.9 Å². The fourth-order valence-electron chi connectivity index (χ4n) is 3.64. The van der Waals surface area contributed by atoms with E-state index in [0.717, 1.165) is 12.1 Å². The first-order chi connectivity index (χ1) is 14.6. The first kappa shape index (κ1) is 23.3. The lowest BCUT2D eigenvalue weighted by Crippen LogP contribution is -2.46. The number of nitrogens with zero attached hydrogens (tertiary/aromatic N) is 1. The molecule has 5 nitrogen and oxygen atoms in total. The largest absolute Gasteiger partial charge is 0.416 e. The van der Waals surface area contributed by atoms with Crippen LogP contribution in [0.1, 0.15) is 43.2 Å². The van der Waals surface area contributed by atoms with Crippen LogP contribution in [0, 0.1) is 0 Å². The maximum Gasteiger partial charge on any atom is 0.416 e. The van der Waals surface area contributed by atoms with Gasteiger partial charge in [-0.1, -0.05) is 37.3 Å². The van der Waals surface area contributed by atoms with Gasteiger partial charge in [-0.2, -0.15) is 13.2 Å². The summed E-state index contributed by atoms with van der Waals surface area (Å²) in [7, 11) is -3.60. The van der Waals surface area contributed by atoms with Crippen LogP contribution in [0.25, 0.3) is 0 Å². The van der Waals surface area contributed by atoms with E-state index in [1.165, 1.54) is 24.3 Å². The maximum absolute atomic E-state index is 12.7. The van der Waals surface area contributed by atoms with E-state index in [1.54, 1.807) is 30.0 Å². The van der Waals surface area contributed by atoms with Crippen LogP contribution in [-0.2, 0) is 21.0 Å². The number of alkyl halides is 3. The molecular formula is C22H25F3N2O3S. The van der Waals surface area contributed by atoms with E-state index in [-0.39, 0.29) is 29.2 Å². The molecule has 1 unspecified atom stereocenters. The SMILES string of the molecule is CC(CC(=O)N1CCC(NS(=O)(=O)c2ccccc2)CC1)c1ccc(C(F)(F)F)cc1. The van der Waals surface area contributed by atoms with Gasteiger partial charge in [0.25, 0.3) is 0 Å². The molecule has 1 amide bonds. The number of halogens is 3. The Morgan fingerprint density at radius 2 is 1.65 bits per heavy atom.